The van der Waals surface area contributed by atoms with Crippen LogP contribution in [0.2, 0.25) is 0 Å². The van der Waals surface area contributed by atoms with E-state index in [2.05, 4.69) is 20.8 Å². The van der Waals surface area contributed by atoms with Crippen LogP contribution in [0.1, 0.15) is 65.7 Å². The molecule has 2 atom stereocenters. The Bertz CT molecular complexity index is 466. The molecule has 0 spiro atoms. The average molecular weight is 306 g/mol. The van der Waals surface area contributed by atoms with E-state index in [-0.39, 0.29) is 28.7 Å². The number of hydrogen-bond acceptors (Lipinski definition) is 2. The molecule has 124 valence electrons. The van der Waals surface area contributed by atoms with Gasteiger partial charge in [-0.15, -0.1) is 0 Å². The third-order valence-corrected chi connectivity index (χ3v) is 5.75. The van der Waals surface area contributed by atoms with Gasteiger partial charge >= 0.3 is 11.8 Å². The zero-order valence-electron chi connectivity index (χ0n) is 14.4. The molecule has 4 nitrogen and oxygen atoms in total. The molecule has 2 bridgehead atoms. The van der Waals surface area contributed by atoms with Crippen molar-refractivity contribution in [3.8, 4) is 0 Å². The van der Waals surface area contributed by atoms with Gasteiger partial charge in [0.15, 0.2) is 0 Å². The quantitative estimate of drug-likeness (QED) is 0.646. The van der Waals surface area contributed by atoms with Gasteiger partial charge in [0.25, 0.3) is 0 Å². The summed E-state index contributed by atoms with van der Waals surface area (Å²) < 4.78 is 0. The largest absolute Gasteiger partial charge is 0.334 e. The Hall–Kier alpha value is -1.06. The number of carbonyl (C=O) groups is 2. The zero-order chi connectivity index (χ0) is 16.0. The minimum atomic E-state index is -0.254. The van der Waals surface area contributed by atoms with Crippen LogP contribution < -0.4 is 0 Å². The summed E-state index contributed by atoms with van der Waals surface area (Å²) in [5.41, 5.74) is 0.472. The Morgan fingerprint density at radius 2 is 1.55 bits per heavy atom. The molecule has 2 heterocycles. The highest BCUT2D eigenvalue weighted by Crippen LogP contribution is 2.52. The summed E-state index contributed by atoms with van der Waals surface area (Å²) in [6.45, 7) is 9.14. The molecule has 2 unspecified atom stereocenters. The van der Waals surface area contributed by atoms with E-state index in [0.29, 0.717) is 0 Å². The molecule has 1 saturated carbocycles. The topological polar surface area (TPSA) is 40.6 Å². The molecule has 0 aromatic rings. The predicted octanol–water partition coefficient (Wildman–Crippen LogP) is 2.82. The fraction of sp³-hybridized carbons (Fsp3) is 0.889. The van der Waals surface area contributed by atoms with Crippen LogP contribution in [0.5, 0.6) is 0 Å². The van der Waals surface area contributed by atoms with Gasteiger partial charge in [0, 0.05) is 25.7 Å². The summed E-state index contributed by atoms with van der Waals surface area (Å²) in [4.78, 5) is 29.1. The summed E-state index contributed by atoms with van der Waals surface area (Å²) >= 11 is 0. The lowest BCUT2D eigenvalue weighted by atomic mass is 9.65. The molecule has 22 heavy (non-hydrogen) atoms. The van der Waals surface area contributed by atoms with E-state index >= 15 is 0 Å². The fourth-order valence-electron chi connectivity index (χ4n) is 5.23. The maximum atomic E-state index is 12.8. The van der Waals surface area contributed by atoms with Crippen LogP contribution in [0.25, 0.3) is 0 Å². The van der Waals surface area contributed by atoms with Crippen LogP contribution in [-0.4, -0.2) is 47.3 Å². The predicted molar refractivity (Wildman–Crippen MR) is 86.3 cm³/mol. The number of amides is 2. The van der Waals surface area contributed by atoms with Crippen molar-refractivity contribution in [1.29, 1.82) is 0 Å². The minimum absolute atomic E-state index is 0.196. The van der Waals surface area contributed by atoms with E-state index in [1.165, 1.54) is 12.8 Å². The van der Waals surface area contributed by atoms with Gasteiger partial charge < -0.3 is 9.80 Å². The lowest BCUT2D eigenvalue weighted by Gasteiger charge is -2.39. The van der Waals surface area contributed by atoms with E-state index in [9.17, 15) is 9.59 Å². The van der Waals surface area contributed by atoms with Gasteiger partial charge in [0.1, 0.15) is 0 Å². The van der Waals surface area contributed by atoms with Crippen LogP contribution in [0.4, 0.5) is 0 Å². The molecular weight excluding hydrogens is 276 g/mol. The second-order valence-electron chi connectivity index (χ2n) is 8.85. The summed E-state index contributed by atoms with van der Waals surface area (Å²) in [6.07, 6.45) is 7.67. The lowest BCUT2D eigenvalue weighted by Crippen LogP contribution is -2.47. The zero-order valence-corrected chi connectivity index (χ0v) is 14.4. The third kappa shape index (κ3) is 3.02. The molecule has 4 heteroatoms. The number of nitrogens with zero attached hydrogens (tertiary/aromatic N) is 2. The molecule has 1 aliphatic carbocycles. The molecule has 0 aromatic heterocycles. The van der Waals surface area contributed by atoms with Crippen molar-refractivity contribution in [3.05, 3.63) is 0 Å². The first-order valence-corrected chi connectivity index (χ1v) is 8.90. The van der Waals surface area contributed by atoms with Gasteiger partial charge in [0.2, 0.25) is 0 Å². The Kier molecular flexibility index (Phi) is 3.98. The highest BCUT2D eigenvalue weighted by molar-refractivity contribution is 6.35. The standard InChI is InChI=1S/C18H30N2O2/c1-17(2)10-14-11-18(3,12-17)13-20(14)16(22)15(21)19-8-6-4-5-7-9-19/h14H,4-13H2,1-3H3. The minimum Gasteiger partial charge on any atom is -0.334 e. The van der Waals surface area contributed by atoms with E-state index in [0.717, 1.165) is 51.7 Å². The maximum Gasteiger partial charge on any atom is 0.312 e. The molecule has 3 fully saturated rings. The first-order valence-electron chi connectivity index (χ1n) is 8.90. The number of fused-ring (bicyclic) bond motifs is 2. The van der Waals surface area contributed by atoms with Crippen molar-refractivity contribution in [2.75, 3.05) is 19.6 Å². The fourth-order valence-corrected chi connectivity index (χ4v) is 5.23. The van der Waals surface area contributed by atoms with Crippen molar-refractivity contribution in [1.82, 2.24) is 9.80 Å². The summed E-state index contributed by atoms with van der Waals surface area (Å²) in [6, 6.07) is 0.261. The Balaban J connectivity index is 1.71. The normalized spacial score (nSPS) is 34.4. The van der Waals surface area contributed by atoms with Crippen molar-refractivity contribution in [3.63, 3.8) is 0 Å². The number of rotatable bonds is 0. The van der Waals surface area contributed by atoms with Crippen molar-refractivity contribution in [2.24, 2.45) is 10.8 Å². The van der Waals surface area contributed by atoms with E-state index in [4.69, 9.17) is 0 Å². The van der Waals surface area contributed by atoms with Gasteiger partial charge in [-0.2, -0.15) is 0 Å². The van der Waals surface area contributed by atoms with Crippen LogP contribution in [0.3, 0.4) is 0 Å². The third-order valence-electron chi connectivity index (χ3n) is 5.75. The molecule has 0 radical (unpaired) electrons. The number of likely N-dealkylation sites (tertiary alicyclic amines) is 2. The van der Waals surface area contributed by atoms with Crippen LogP contribution in [0, 0.1) is 10.8 Å². The molecular formula is C18H30N2O2. The SMILES string of the molecule is CC1(C)CC2CC(C)(CN2C(=O)C(=O)N2CCCCCC2)C1. The second-order valence-corrected chi connectivity index (χ2v) is 8.85. The molecule has 3 rings (SSSR count). The lowest BCUT2D eigenvalue weighted by molar-refractivity contribution is -0.152. The molecule has 3 aliphatic rings. The average Bonchev–Trinajstić information content (AvgIpc) is 2.61. The Labute approximate surface area is 134 Å². The molecule has 2 aliphatic heterocycles. The summed E-state index contributed by atoms with van der Waals surface area (Å²) in [7, 11) is 0. The summed E-state index contributed by atoms with van der Waals surface area (Å²) in [5.74, 6) is -0.496. The van der Waals surface area contributed by atoms with Crippen LogP contribution in [-0.2, 0) is 9.59 Å². The highest BCUT2D eigenvalue weighted by Gasteiger charge is 2.52. The van der Waals surface area contributed by atoms with Crippen LogP contribution >= 0.6 is 0 Å². The molecule has 0 N–H and O–H groups in total. The van der Waals surface area contributed by atoms with E-state index in [1.54, 1.807) is 4.90 Å². The first-order chi connectivity index (χ1) is 10.3. The van der Waals surface area contributed by atoms with Crippen molar-refractivity contribution < 1.29 is 9.59 Å². The highest BCUT2D eigenvalue weighted by atomic mass is 16.2. The Morgan fingerprint density at radius 3 is 2.18 bits per heavy atom. The van der Waals surface area contributed by atoms with E-state index < -0.39 is 0 Å². The second kappa shape index (κ2) is 5.54. The molecule has 2 amide bonds. The van der Waals surface area contributed by atoms with Crippen LogP contribution in [0.15, 0.2) is 0 Å². The Morgan fingerprint density at radius 1 is 0.909 bits per heavy atom. The van der Waals surface area contributed by atoms with Gasteiger partial charge in [-0.3, -0.25) is 9.59 Å². The first kappa shape index (κ1) is 15.8. The van der Waals surface area contributed by atoms with Gasteiger partial charge in [0.05, 0.1) is 0 Å². The molecule has 2 saturated heterocycles. The smallest absolute Gasteiger partial charge is 0.312 e. The van der Waals surface area contributed by atoms with Crippen molar-refractivity contribution >= 4 is 11.8 Å². The maximum absolute atomic E-state index is 12.8. The molecule has 0 aromatic carbocycles. The van der Waals surface area contributed by atoms with Gasteiger partial charge in [-0.25, -0.2) is 0 Å². The van der Waals surface area contributed by atoms with E-state index in [1.807, 2.05) is 4.90 Å². The number of carbonyl (C=O) groups excluding carboxylic acids is 2. The number of hydrogen-bond donors (Lipinski definition) is 0. The van der Waals surface area contributed by atoms with Gasteiger partial charge in [-0.1, -0.05) is 33.6 Å². The monoisotopic (exact) mass is 306 g/mol. The summed E-state index contributed by atoms with van der Waals surface area (Å²) in [5, 5.41) is 0. The van der Waals surface area contributed by atoms with Crippen molar-refractivity contribution in [2.45, 2.75) is 71.8 Å². The van der Waals surface area contributed by atoms with Gasteiger partial charge in [-0.05, 0) is 42.9 Å².